The molecular weight excluding hydrogens is 290 g/mol. The fourth-order valence-electron chi connectivity index (χ4n) is 3.94. The molecule has 2 fully saturated rings. The number of rotatable bonds is 6. The molecule has 0 spiro atoms. The molecule has 6 nitrogen and oxygen atoms in total. The van der Waals surface area contributed by atoms with Crippen molar-refractivity contribution >= 4 is 5.91 Å². The first-order chi connectivity index (χ1) is 11.2. The average Bonchev–Trinajstić information content (AvgIpc) is 3.24. The maximum absolute atomic E-state index is 12.2. The van der Waals surface area contributed by atoms with Crippen LogP contribution in [0.5, 0.6) is 0 Å². The fourth-order valence-corrected chi connectivity index (χ4v) is 3.94. The van der Waals surface area contributed by atoms with E-state index in [-0.39, 0.29) is 11.4 Å². The van der Waals surface area contributed by atoms with E-state index in [9.17, 15) is 4.79 Å². The molecule has 128 valence electrons. The summed E-state index contributed by atoms with van der Waals surface area (Å²) >= 11 is 0. The highest BCUT2D eigenvalue weighted by Crippen LogP contribution is 2.35. The number of carbonyl (C=O) groups excluding carboxylic acids is 1. The van der Waals surface area contributed by atoms with Crippen molar-refractivity contribution in [3.63, 3.8) is 0 Å². The second-order valence-corrected chi connectivity index (χ2v) is 7.11. The summed E-state index contributed by atoms with van der Waals surface area (Å²) in [5, 5.41) is 9.92. The Labute approximate surface area is 138 Å². The van der Waals surface area contributed by atoms with Gasteiger partial charge >= 0.3 is 0 Å². The minimum Gasteiger partial charge on any atom is -0.354 e. The van der Waals surface area contributed by atoms with Crippen LogP contribution in [0.15, 0.2) is 12.4 Å². The molecule has 1 aliphatic carbocycles. The van der Waals surface area contributed by atoms with Crippen molar-refractivity contribution in [2.75, 3.05) is 39.8 Å². The predicted octanol–water partition coefficient (Wildman–Crippen LogP) is 1.02. The lowest BCUT2D eigenvalue weighted by Gasteiger charge is -2.45. The zero-order valence-electron chi connectivity index (χ0n) is 14.2. The molecule has 1 saturated carbocycles. The van der Waals surface area contributed by atoms with E-state index in [1.807, 2.05) is 6.20 Å². The third-order valence-electron chi connectivity index (χ3n) is 5.52. The van der Waals surface area contributed by atoms with Gasteiger partial charge in [-0.05, 0) is 31.9 Å². The number of aromatic amines is 1. The zero-order valence-corrected chi connectivity index (χ0v) is 14.2. The highest BCUT2D eigenvalue weighted by Gasteiger charge is 2.40. The molecule has 0 radical (unpaired) electrons. The lowest BCUT2D eigenvalue weighted by Crippen LogP contribution is -2.59. The number of aromatic nitrogens is 2. The number of likely N-dealkylation sites (N-methyl/N-ethyl adjacent to an activating group) is 1. The molecule has 1 saturated heterocycles. The van der Waals surface area contributed by atoms with Gasteiger partial charge < -0.3 is 10.2 Å². The van der Waals surface area contributed by atoms with Gasteiger partial charge in [-0.1, -0.05) is 12.8 Å². The first-order valence-corrected chi connectivity index (χ1v) is 8.86. The smallest absolute Gasteiger partial charge is 0.220 e. The molecule has 2 aliphatic rings. The van der Waals surface area contributed by atoms with Gasteiger partial charge in [-0.2, -0.15) is 5.10 Å². The lowest BCUT2D eigenvalue weighted by molar-refractivity contribution is -0.121. The first kappa shape index (κ1) is 16.5. The van der Waals surface area contributed by atoms with Crippen molar-refractivity contribution in [1.29, 1.82) is 0 Å². The molecule has 0 aromatic carbocycles. The van der Waals surface area contributed by atoms with Crippen LogP contribution in [0.1, 0.15) is 37.7 Å². The van der Waals surface area contributed by atoms with Gasteiger partial charge in [0.15, 0.2) is 0 Å². The van der Waals surface area contributed by atoms with E-state index in [2.05, 4.69) is 32.4 Å². The summed E-state index contributed by atoms with van der Waals surface area (Å²) in [6.07, 6.45) is 9.96. The first-order valence-electron chi connectivity index (χ1n) is 8.86. The normalized spacial score (nSPS) is 22.3. The summed E-state index contributed by atoms with van der Waals surface area (Å²) < 4.78 is 0. The quantitative estimate of drug-likeness (QED) is 0.822. The van der Waals surface area contributed by atoms with E-state index >= 15 is 0 Å². The van der Waals surface area contributed by atoms with Crippen LogP contribution in [0, 0.1) is 0 Å². The number of hydrogen-bond donors (Lipinski definition) is 2. The summed E-state index contributed by atoms with van der Waals surface area (Å²) in [7, 11) is 2.19. The van der Waals surface area contributed by atoms with Gasteiger partial charge in [-0.25, -0.2) is 0 Å². The van der Waals surface area contributed by atoms with E-state index in [1.54, 1.807) is 6.20 Å². The molecule has 0 unspecified atom stereocenters. The molecular formula is C17H29N5O. The Balaban J connectivity index is 1.50. The van der Waals surface area contributed by atoms with Gasteiger partial charge in [0.25, 0.3) is 0 Å². The molecule has 23 heavy (non-hydrogen) atoms. The van der Waals surface area contributed by atoms with Gasteiger partial charge in [0.1, 0.15) is 0 Å². The number of H-pyrrole nitrogens is 1. The van der Waals surface area contributed by atoms with Crippen LogP contribution in [0.4, 0.5) is 0 Å². The molecule has 2 N–H and O–H groups in total. The van der Waals surface area contributed by atoms with Crippen molar-refractivity contribution in [2.24, 2.45) is 0 Å². The Bertz CT molecular complexity index is 487. The van der Waals surface area contributed by atoms with Crippen molar-refractivity contribution in [3.8, 4) is 0 Å². The minimum atomic E-state index is 0.159. The van der Waals surface area contributed by atoms with Crippen LogP contribution >= 0.6 is 0 Å². The molecule has 1 amide bonds. The highest BCUT2D eigenvalue weighted by atomic mass is 16.1. The van der Waals surface area contributed by atoms with E-state index < -0.39 is 0 Å². The number of carbonyl (C=O) groups is 1. The third kappa shape index (κ3) is 4.12. The molecule has 1 aromatic rings. The van der Waals surface area contributed by atoms with Crippen LogP contribution < -0.4 is 5.32 Å². The second kappa shape index (κ2) is 7.45. The number of aryl methyl sites for hydroxylation is 1. The number of nitrogens with zero attached hydrogens (tertiary/aromatic N) is 3. The van der Waals surface area contributed by atoms with Gasteiger partial charge in [0, 0.05) is 50.9 Å². The number of piperazine rings is 1. The molecule has 3 rings (SSSR count). The van der Waals surface area contributed by atoms with Crippen molar-refractivity contribution in [1.82, 2.24) is 25.3 Å². The highest BCUT2D eigenvalue weighted by molar-refractivity contribution is 5.76. The maximum Gasteiger partial charge on any atom is 0.220 e. The molecule has 0 atom stereocenters. The van der Waals surface area contributed by atoms with Crippen molar-refractivity contribution < 1.29 is 4.79 Å². The number of nitrogens with one attached hydrogen (secondary N) is 2. The Morgan fingerprint density at radius 1 is 1.30 bits per heavy atom. The predicted molar refractivity (Wildman–Crippen MR) is 90.2 cm³/mol. The van der Waals surface area contributed by atoms with Crippen LogP contribution in [-0.2, 0) is 11.2 Å². The van der Waals surface area contributed by atoms with Crippen LogP contribution in [0.25, 0.3) is 0 Å². The van der Waals surface area contributed by atoms with Crippen LogP contribution in [0.3, 0.4) is 0 Å². The van der Waals surface area contributed by atoms with E-state index in [0.29, 0.717) is 6.42 Å². The minimum absolute atomic E-state index is 0.159. The Hall–Kier alpha value is -1.40. The summed E-state index contributed by atoms with van der Waals surface area (Å²) in [6, 6.07) is 0. The fraction of sp³-hybridized carbons (Fsp3) is 0.765. The SMILES string of the molecule is CN1CCN(C2(CNC(=O)CCc3cn[nH]c3)CCCC2)CC1. The summed E-state index contributed by atoms with van der Waals surface area (Å²) in [4.78, 5) is 17.2. The molecule has 0 bridgehead atoms. The van der Waals surface area contributed by atoms with Gasteiger partial charge in [-0.3, -0.25) is 14.8 Å². The largest absolute Gasteiger partial charge is 0.354 e. The standard InChI is InChI=1S/C17H29N5O/c1-21-8-10-22(11-9-21)17(6-2-3-7-17)14-18-16(23)5-4-15-12-19-20-13-15/h12-13H,2-11,14H2,1H3,(H,18,23)(H,19,20). The van der Waals surface area contributed by atoms with Gasteiger partial charge in [0.05, 0.1) is 6.20 Å². The average molecular weight is 319 g/mol. The molecule has 1 aliphatic heterocycles. The second-order valence-electron chi connectivity index (χ2n) is 7.11. The Morgan fingerprint density at radius 3 is 2.70 bits per heavy atom. The topological polar surface area (TPSA) is 64.3 Å². The number of hydrogen-bond acceptors (Lipinski definition) is 4. The Kier molecular flexibility index (Phi) is 5.33. The summed E-state index contributed by atoms with van der Waals surface area (Å²) in [5.74, 6) is 0.159. The lowest BCUT2D eigenvalue weighted by atomic mass is 9.93. The van der Waals surface area contributed by atoms with E-state index in [0.717, 1.165) is 44.7 Å². The van der Waals surface area contributed by atoms with Crippen LogP contribution in [0.2, 0.25) is 0 Å². The summed E-state index contributed by atoms with van der Waals surface area (Å²) in [6.45, 7) is 5.33. The Morgan fingerprint density at radius 2 is 2.04 bits per heavy atom. The molecule has 1 aromatic heterocycles. The summed E-state index contributed by atoms with van der Waals surface area (Å²) in [5.41, 5.74) is 1.29. The van der Waals surface area contributed by atoms with Gasteiger partial charge in [0.2, 0.25) is 5.91 Å². The van der Waals surface area contributed by atoms with Crippen LogP contribution in [-0.4, -0.2) is 71.2 Å². The number of amides is 1. The zero-order chi connectivity index (χ0) is 16.1. The monoisotopic (exact) mass is 319 g/mol. The van der Waals surface area contributed by atoms with Gasteiger partial charge in [-0.15, -0.1) is 0 Å². The third-order valence-corrected chi connectivity index (χ3v) is 5.52. The van der Waals surface area contributed by atoms with Crippen molar-refractivity contribution in [3.05, 3.63) is 18.0 Å². The van der Waals surface area contributed by atoms with E-state index in [1.165, 1.54) is 25.7 Å². The molecule has 6 heteroatoms. The maximum atomic E-state index is 12.2. The van der Waals surface area contributed by atoms with E-state index in [4.69, 9.17) is 0 Å². The molecule has 2 heterocycles. The van der Waals surface area contributed by atoms with Crippen molar-refractivity contribution in [2.45, 2.75) is 44.1 Å².